The van der Waals surface area contributed by atoms with Crippen LogP contribution in [0.15, 0.2) is 6.07 Å². The summed E-state index contributed by atoms with van der Waals surface area (Å²) in [6.45, 7) is 6.53. The third-order valence-electron chi connectivity index (χ3n) is 2.95. The Morgan fingerprint density at radius 3 is 2.61 bits per heavy atom. The molecule has 5 heteroatoms. The molecule has 0 radical (unpaired) electrons. The second kappa shape index (κ2) is 4.90. The number of anilines is 1. The van der Waals surface area contributed by atoms with Crippen molar-refractivity contribution in [2.45, 2.75) is 20.8 Å². The average Bonchev–Trinajstić information content (AvgIpc) is 2.32. The maximum atomic E-state index is 13.8. The molecule has 0 aliphatic carbocycles. The molecule has 0 fully saturated rings. The highest BCUT2D eigenvalue weighted by Crippen LogP contribution is 2.37. The molecule has 0 unspecified atom stereocenters. The van der Waals surface area contributed by atoms with Gasteiger partial charge in [0, 0.05) is 23.3 Å². The van der Waals surface area contributed by atoms with Crippen molar-refractivity contribution in [2.75, 3.05) is 11.9 Å². The normalized spacial score (nSPS) is 11.0. The van der Waals surface area contributed by atoms with E-state index in [1.54, 1.807) is 0 Å². The Balaban J connectivity index is 2.94. The molecule has 0 spiro atoms. The fraction of sp³-hybridized carbons (Fsp3) is 0.308. The molecule has 96 valence electrons. The van der Waals surface area contributed by atoms with Gasteiger partial charge in [-0.3, -0.25) is 4.98 Å². The number of aryl methyl sites for hydroxylation is 1. The zero-order valence-corrected chi connectivity index (χ0v) is 11.9. The third kappa shape index (κ3) is 2.02. The molecule has 1 N–H and O–H groups in total. The van der Waals surface area contributed by atoms with E-state index >= 15 is 0 Å². The topological polar surface area (TPSA) is 24.9 Å². The Kier molecular flexibility index (Phi) is 3.64. The highest BCUT2D eigenvalue weighted by atomic mass is 35.5. The molecular weight excluding hydrogens is 274 g/mol. The van der Waals surface area contributed by atoms with Crippen LogP contribution in [0.25, 0.3) is 10.9 Å². The average molecular weight is 287 g/mol. The Morgan fingerprint density at radius 1 is 1.33 bits per heavy atom. The molecule has 18 heavy (non-hydrogen) atoms. The minimum absolute atomic E-state index is 0.00861. The molecule has 0 atom stereocenters. The van der Waals surface area contributed by atoms with Crippen LogP contribution in [0.3, 0.4) is 0 Å². The number of hydrogen-bond donors (Lipinski definition) is 1. The summed E-state index contributed by atoms with van der Waals surface area (Å²) in [4.78, 5) is 4.41. The van der Waals surface area contributed by atoms with Crippen LogP contribution in [-0.2, 0) is 0 Å². The maximum absolute atomic E-state index is 13.8. The lowest BCUT2D eigenvalue weighted by Crippen LogP contribution is -2.04. The standard InChI is InChI=1S/C13H13Cl2FN2/c1-4-17-13-6(2)7(3)18-9-5-8(14)12(16)11(15)10(9)13/h5H,4H2,1-3H3,(H,17,18). The van der Waals surface area contributed by atoms with Crippen LogP contribution in [-0.4, -0.2) is 11.5 Å². The van der Waals surface area contributed by atoms with Gasteiger partial charge in [-0.25, -0.2) is 4.39 Å². The van der Waals surface area contributed by atoms with E-state index in [4.69, 9.17) is 23.2 Å². The molecule has 0 saturated carbocycles. The van der Waals surface area contributed by atoms with Gasteiger partial charge in [-0.2, -0.15) is 0 Å². The lowest BCUT2D eigenvalue weighted by molar-refractivity contribution is 0.630. The Hall–Kier alpha value is -1.06. The van der Waals surface area contributed by atoms with Crippen LogP contribution in [0.5, 0.6) is 0 Å². The number of fused-ring (bicyclic) bond motifs is 1. The first-order valence-electron chi connectivity index (χ1n) is 5.65. The molecule has 2 aromatic rings. The van der Waals surface area contributed by atoms with E-state index in [1.807, 2.05) is 20.8 Å². The highest BCUT2D eigenvalue weighted by Gasteiger charge is 2.17. The lowest BCUT2D eigenvalue weighted by Gasteiger charge is -2.15. The molecule has 1 aromatic carbocycles. The minimum Gasteiger partial charge on any atom is -0.384 e. The number of rotatable bonds is 2. The first kappa shape index (κ1) is 13.4. The molecule has 2 nitrogen and oxygen atoms in total. The van der Waals surface area contributed by atoms with E-state index < -0.39 is 5.82 Å². The number of nitrogens with zero attached hydrogens (tertiary/aromatic N) is 1. The molecule has 0 aliphatic heterocycles. The molecule has 0 amide bonds. The Morgan fingerprint density at radius 2 is 2.00 bits per heavy atom. The number of pyridine rings is 1. The summed E-state index contributed by atoms with van der Waals surface area (Å²) < 4.78 is 13.8. The van der Waals surface area contributed by atoms with E-state index in [0.717, 1.165) is 23.5 Å². The smallest absolute Gasteiger partial charge is 0.161 e. The van der Waals surface area contributed by atoms with E-state index in [2.05, 4.69) is 10.3 Å². The SMILES string of the molecule is CCNc1c(C)c(C)nc2cc(Cl)c(F)c(Cl)c12. The second-order valence-electron chi connectivity index (χ2n) is 4.11. The number of halogens is 3. The van der Waals surface area contributed by atoms with Gasteiger partial charge in [-0.1, -0.05) is 23.2 Å². The van der Waals surface area contributed by atoms with Crippen molar-refractivity contribution in [1.82, 2.24) is 4.98 Å². The van der Waals surface area contributed by atoms with Gasteiger partial charge in [-0.15, -0.1) is 0 Å². The minimum atomic E-state index is -0.602. The van der Waals surface area contributed by atoms with Gasteiger partial charge < -0.3 is 5.32 Å². The van der Waals surface area contributed by atoms with Crippen LogP contribution in [0.4, 0.5) is 10.1 Å². The van der Waals surface area contributed by atoms with Gasteiger partial charge >= 0.3 is 0 Å². The molecular formula is C13H13Cl2FN2. The van der Waals surface area contributed by atoms with Crippen LogP contribution < -0.4 is 5.32 Å². The van der Waals surface area contributed by atoms with Gasteiger partial charge in [0.15, 0.2) is 5.82 Å². The van der Waals surface area contributed by atoms with E-state index in [-0.39, 0.29) is 10.0 Å². The van der Waals surface area contributed by atoms with E-state index in [0.29, 0.717) is 10.9 Å². The van der Waals surface area contributed by atoms with Crippen molar-refractivity contribution in [3.05, 3.63) is 33.2 Å². The monoisotopic (exact) mass is 286 g/mol. The third-order valence-corrected chi connectivity index (χ3v) is 3.58. The molecule has 1 aromatic heterocycles. The van der Waals surface area contributed by atoms with Crippen molar-refractivity contribution in [3.63, 3.8) is 0 Å². The Bertz CT molecular complexity index is 621. The van der Waals surface area contributed by atoms with Crippen LogP contribution in [0.1, 0.15) is 18.2 Å². The summed E-state index contributed by atoms with van der Waals surface area (Å²) in [5, 5.41) is 3.81. The van der Waals surface area contributed by atoms with Crippen LogP contribution >= 0.6 is 23.2 Å². The zero-order valence-electron chi connectivity index (χ0n) is 10.4. The van der Waals surface area contributed by atoms with Crippen molar-refractivity contribution in [2.24, 2.45) is 0 Å². The predicted molar refractivity (Wildman–Crippen MR) is 75.4 cm³/mol. The zero-order chi connectivity index (χ0) is 13.4. The lowest BCUT2D eigenvalue weighted by atomic mass is 10.1. The summed E-state index contributed by atoms with van der Waals surface area (Å²) in [7, 11) is 0. The van der Waals surface area contributed by atoms with E-state index in [1.165, 1.54) is 6.07 Å². The first-order chi connectivity index (χ1) is 8.47. The number of benzene rings is 1. The predicted octanol–water partition coefficient (Wildman–Crippen LogP) is 4.73. The van der Waals surface area contributed by atoms with Crippen molar-refractivity contribution in [1.29, 1.82) is 0 Å². The van der Waals surface area contributed by atoms with Crippen molar-refractivity contribution >= 4 is 39.8 Å². The molecule has 2 rings (SSSR count). The van der Waals surface area contributed by atoms with Crippen LogP contribution in [0.2, 0.25) is 10.0 Å². The fourth-order valence-electron chi connectivity index (χ4n) is 1.94. The maximum Gasteiger partial charge on any atom is 0.161 e. The molecule has 0 bridgehead atoms. The quantitative estimate of drug-likeness (QED) is 0.808. The van der Waals surface area contributed by atoms with Crippen molar-refractivity contribution in [3.8, 4) is 0 Å². The van der Waals surface area contributed by atoms with Gasteiger partial charge in [0.1, 0.15) is 0 Å². The van der Waals surface area contributed by atoms with Gasteiger partial charge in [0.2, 0.25) is 0 Å². The van der Waals surface area contributed by atoms with Gasteiger partial charge in [0.25, 0.3) is 0 Å². The summed E-state index contributed by atoms with van der Waals surface area (Å²) in [5.41, 5.74) is 3.26. The Labute approximate surface area is 115 Å². The van der Waals surface area contributed by atoms with Crippen molar-refractivity contribution < 1.29 is 4.39 Å². The second-order valence-corrected chi connectivity index (χ2v) is 4.89. The summed E-state index contributed by atoms with van der Waals surface area (Å²) in [6.07, 6.45) is 0. The van der Waals surface area contributed by atoms with Gasteiger partial charge in [-0.05, 0) is 32.4 Å². The number of nitrogens with one attached hydrogen (secondary N) is 1. The molecule has 0 aliphatic rings. The summed E-state index contributed by atoms with van der Waals surface area (Å²) in [6, 6.07) is 1.51. The van der Waals surface area contributed by atoms with E-state index in [9.17, 15) is 4.39 Å². The van der Waals surface area contributed by atoms with Gasteiger partial charge in [0.05, 0.1) is 15.6 Å². The molecule has 0 saturated heterocycles. The largest absolute Gasteiger partial charge is 0.384 e. The fourth-order valence-corrected chi connectivity index (χ4v) is 2.48. The number of hydrogen-bond acceptors (Lipinski definition) is 2. The summed E-state index contributed by atoms with van der Waals surface area (Å²) >= 11 is 11.9. The summed E-state index contributed by atoms with van der Waals surface area (Å²) in [5.74, 6) is -0.602. The first-order valence-corrected chi connectivity index (χ1v) is 6.41. The van der Waals surface area contributed by atoms with Crippen LogP contribution in [0, 0.1) is 19.7 Å². The number of aromatic nitrogens is 1. The molecule has 1 heterocycles. The highest BCUT2D eigenvalue weighted by molar-refractivity contribution is 6.39.